The van der Waals surface area contributed by atoms with Gasteiger partial charge in [0.25, 0.3) is 5.91 Å². The smallest absolute Gasteiger partial charge is 0.256 e. The number of rotatable bonds is 4. The number of piperazine rings is 1. The van der Waals surface area contributed by atoms with Crippen LogP contribution in [-0.2, 0) is 0 Å². The van der Waals surface area contributed by atoms with Gasteiger partial charge in [0.05, 0.1) is 11.3 Å². The predicted molar refractivity (Wildman–Crippen MR) is 114 cm³/mol. The fourth-order valence-corrected chi connectivity index (χ4v) is 4.25. The van der Waals surface area contributed by atoms with Gasteiger partial charge in [-0.1, -0.05) is 24.3 Å². The molecule has 2 heterocycles. The molecule has 2 N–H and O–H groups in total. The zero-order valence-corrected chi connectivity index (χ0v) is 16.9. The molecule has 0 radical (unpaired) electrons. The topological polar surface area (TPSA) is 47.6 Å². The number of carbonyl (C=O) groups excluding carboxylic acids is 1. The summed E-state index contributed by atoms with van der Waals surface area (Å²) in [5, 5.41) is 6.90. The zero-order valence-electron chi connectivity index (χ0n) is 16.9. The highest BCUT2D eigenvalue weighted by Gasteiger charge is 2.32. The zero-order chi connectivity index (χ0) is 19.5. The molecule has 2 saturated heterocycles. The predicted octanol–water partition coefficient (Wildman–Crippen LogP) is 3.17. The first-order chi connectivity index (χ1) is 13.6. The van der Waals surface area contributed by atoms with Crippen molar-refractivity contribution >= 4 is 17.3 Å². The Balaban J connectivity index is 1.50. The van der Waals surface area contributed by atoms with Gasteiger partial charge in [-0.15, -0.1) is 0 Å². The number of hydrogen-bond acceptors (Lipinski definition) is 4. The Kier molecular flexibility index (Phi) is 5.64. The summed E-state index contributed by atoms with van der Waals surface area (Å²) in [6.45, 7) is 10.1. The van der Waals surface area contributed by atoms with Gasteiger partial charge < -0.3 is 15.5 Å². The highest BCUT2D eigenvalue weighted by atomic mass is 16.2. The van der Waals surface area contributed by atoms with Gasteiger partial charge in [-0.3, -0.25) is 9.69 Å². The lowest BCUT2D eigenvalue weighted by Crippen LogP contribution is -2.49. The first-order valence-electron chi connectivity index (χ1n) is 10.3. The van der Waals surface area contributed by atoms with Crippen LogP contribution in [0.3, 0.4) is 0 Å². The highest BCUT2D eigenvalue weighted by molar-refractivity contribution is 6.00. The maximum atomic E-state index is 13.3. The summed E-state index contributed by atoms with van der Waals surface area (Å²) in [5.41, 5.74) is 5.15. The van der Waals surface area contributed by atoms with Crippen LogP contribution < -0.4 is 10.6 Å². The Hall–Kier alpha value is -2.37. The fourth-order valence-electron chi connectivity index (χ4n) is 4.25. The van der Waals surface area contributed by atoms with Gasteiger partial charge >= 0.3 is 0 Å². The van der Waals surface area contributed by atoms with Crippen molar-refractivity contribution in [2.75, 3.05) is 44.6 Å². The molecule has 5 nitrogen and oxygen atoms in total. The Labute approximate surface area is 167 Å². The van der Waals surface area contributed by atoms with Crippen LogP contribution in [0.2, 0.25) is 0 Å². The Morgan fingerprint density at radius 3 is 2.57 bits per heavy atom. The van der Waals surface area contributed by atoms with Crippen molar-refractivity contribution in [3.05, 3.63) is 59.2 Å². The lowest BCUT2D eigenvalue weighted by molar-refractivity contribution is 0.0774. The van der Waals surface area contributed by atoms with Crippen molar-refractivity contribution < 1.29 is 4.79 Å². The summed E-state index contributed by atoms with van der Waals surface area (Å²) in [4.78, 5) is 17.8. The number of hydrogen-bond donors (Lipinski definition) is 2. The quantitative estimate of drug-likeness (QED) is 0.858. The molecule has 1 atom stereocenters. The number of aryl methyl sites for hydroxylation is 1. The highest BCUT2D eigenvalue weighted by Crippen LogP contribution is 2.27. The van der Waals surface area contributed by atoms with Gasteiger partial charge in [0, 0.05) is 51.0 Å². The lowest BCUT2D eigenvalue weighted by atomic mass is 10.1. The van der Waals surface area contributed by atoms with Crippen LogP contribution in [-0.4, -0.2) is 61.0 Å². The third kappa shape index (κ3) is 3.91. The summed E-state index contributed by atoms with van der Waals surface area (Å²) >= 11 is 0. The minimum atomic E-state index is 0.131. The third-order valence-electron chi connectivity index (χ3n) is 6.15. The molecule has 0 aromatic heterocycles. The fraction of sp³-hybridized carbons (Fsp3) is 0.435. The molecule has 4 rings (SSSR count). The van der Waals surface area contributed by atoms with E-state index in [-0.39, 0.29) is 5.91 Å². The number of nitrogens with zero attached hydrogens (tertiary/aromatic N) is 2. The minimum Gasteiger partial charge on any atom is -0.355 e. The third-order valence-corrected chi connectivity index (χ3v) is 6.15. The van der Waals surface area contributed by atoms with E-state index in [2.05, 4.69) is 41.5 Å². The van der Waals surface area contributed by atoms with Crippen molar-refractivity contribution in [2.24, 2.45) is 0 Å². The molecule has 2 fully saturated rings. The van der Waals surface area contributed by atoms with Gasteiger partial charge in [-0.05, 0) is 49.6 Å². The Morgan fingerprint density at radius 2 is 1.75 bits per heavy atom. The second-order valence-corrected chi connectivity index (χ2v) is 7.90. The van der Waals surface area contributed by atoms with Gasteiger partial charge in [0.15, 0.2) is 0 Å². The number of likely N-dealkylation sites (tertiary alicyclic amines) is 1. The average Bonchev–Trinajstić information content (AvgIpc) is 3.22. The van der Waals surface area contributed by atoms with Crippen molar-refractivity contribution in [3.63, 3.8) is 0 Å². The molecule has 2 aromatic rings. The van der Waals surface area contributed by atoms with Crippen molar-refractivity contribution in [1.29, 1.82) is 0 Å². The van der Waals surface area contributed by atoms with E-state index in [0.29, 0.717) is 6.04 Å². The van der Waals surface area contributed by atoms with Crippen LogP contribution in [0.5, 0.6) is 0 Å². The summed E-state index contributed by atoms with van der Waals surface area (Å²) in [7, 11) is 0. The summed E-state index contributed by atoms with van der Waals surface area (Å²) in [5.74, 6) is 0.131. The minimum absolute atomic E-state index is 0.131. The van der Waals surface area contributed by atoms with Gasteiger partial charge in [0.1, 0.15) is 0 Å². The monoisotopic (exact) mass is 378 g/mol. The van der Waals surface area contributed by atoms with Crippen LogP contribution in [0.1, 0.15) is 27.9 Å². The molecule has 0 saturated carbocycles. The molecule has 1 amide bonds. The van der Waals surface area contributed by atoms with Crippen LogP contribution in [0.4, 0.5) is 11.4 Å². The van der Waals surface area contributed by atoms with Crippen LogP contribution in [0.25, 0.3) is 0 Å². The number of carbonyl (C=O) groups is 1. The molecule has 2 aliphatic rings. The van der Waals surface area contributed by atoms with Gasteiger partial charge in [-0.25, -0.2) is 0 Å². The molecule has 0 aliphatic carbocycles. The molecule has 28 heavy (non-hydrogen) atoms. The number of anilines is 2. The average molecular weight is 379 g/mol. The standard InChI is InChI=1S/C23H30N4O/c1-17-6-5-9-21(18(17)2)25-22-8-4-3-7-20(22)23(28)27-13-10-19(16-27)26-14-11-24-12-15-26/h3-9,19,24-25H,10-16H2,1-2H3. The van der Waals surface area contributed by atoms with Crippen LogP contribution in [0, 0.1) is 13.8 Å². The number of amides is 1. The Morgan fingerprint density at radius 1 is 1.00 bits per heavy atom. The lowest BCUT2D eigenvalue weighted by Gasteiger charge is -2.32. The summed E-state index contributed by atoms with van der Waals surface area (Å²) < 4.78 is 0. The van der Waals surface area contributed by atoms with Crippen molar-refractivity contribution in [2.45, 2.75) is 26.3 Å². The van der Waals surface area contributed by atoms with E-state index in [1.54, 1.807) is 0 Å². The SMILES string of the molecule is Cc1cccc(Nc2ccccc2C(=O)N2CCC(N3CCNCC3)C2)c1C. The second kappa shape index (κ2) is 8.33. The van der Waals surface area contributed by atoms with Gasteiger partial charge in [-0.2, -0.15) is 0 Å². The van der Waals surface area contributed by atoms with E-state index in [4.69, 9.17) is 0 Å². The van der Waals surface area contributed by atoms with Crippen LogP contribution in [0.15, 0.2) is 42.5 Å². The van der Waals surface area contributed by atoms with E-state index in [1.165, 1.54) is 11.1 Å². The number of benzene rings is 2. The normalized spacial score (nSPS) is 20.4. The molecular weight excluding hydrogens is 348 g/mol. The molecule has 148 valence electrons. The molecular formula is C23H30N4O. The van der Waals surface area contributed by atoms with Crippen molar-refractivity contribution in [3.8, 4) is 0 Å². The maximum absolute atomic E-state index is 13.3. The summed E-state index contributed by atoms with van der Waals surface area (Å²) in [6.07, 6.45) is 1.07. The molecule has 0 spiro atoms. The molecule has 2 aromatic carbocycles. The van der Waals surface area contributed by atoms with E-state index < -0.39 is 0 Å². The van der Waals surface area contributed by atoms with Crippen LogP contribution >= 0.6 is 0 Å². The molecule has 1 unspecified atom stereocenters. The molecule has 2 aliphatic heterocycles. The number of para-hydroxylation sites is 1. The summed E-state index contributed by atoms with van der Waals surface area (Å²) in [6, 6.07) is 14.6. The second-order valence-electron chi connectivity index (χ2n) is 7.90. The largest absolute Gasteiger partial charge is 0.355 e. The van der Waals surface area contributed by atoms with Crippen molar-refractivity contribution in [1.82, 2.24) is 15.1 Å². The van der Waals surface area contributed by atoms with E-state index >= 15 is 0 Å². The van der Waals surface area contributed by atoms with E-state index in [1.807, 2.05) is 35.2 Å². The molecule has 0 bridgehead atoms. The molecule has 5 heteroatoms. The van der Waals surface area contributed by atoms with E-state index in [0.717, 1.165) is 62.6 Å². The number of nitrogens with one attached hydrogen (secondary N) is 2. The first-order valence-corrected chi connectivity index (χ1v) is 10.3. The van der Waals surface area contributed by atoms with E-state index in [9.17, 15) is 4.79 Å². The first kappa shape index (κ1) is 19.0. The Bertz CT molecular complexity index is 844. The van der Waals surface area contributed by atoms with Gasteiger partial charge in [0.2, 0.25) is 0 Å². The maximum Gasteiger partial charge on any atom is 0.256 e.